The Morgan fingerprint density at radius 3 is 2.36 bits per heavy atom. The van der Waals surface area contributed by atoms with Gasteiger partial charge in [0.15, 0.2) is 5.11 Å². The van der Waals surface area contributed by atoms with E-state index in [1.54, 1.807) is 0 Å². The molecule has 0 amide bonds. The van der Waals surface area contributed by atoms with E-state index in [1.165, 1.54) is 0 Å². The zero-order valence-electron chi connectivity index (χ0n) is 15.8. The highest BCUT2D eigenvalue weighted by atomic mass is 32.1. The summed E-state index contributed by atoms with van der Waals surface area (Å²) in [5, 5.41) is 6.25. The van der Waals surface area contributed by atoms with Crippen LogP contribution in [0.25, 0.3) is 10.9 Å². The molecule has 0 atom stereocenters. The maximum absolute atomic E-state index is 5.54. The van der Waals surface area contributed by atoms with Crippen molar-refractivity contribution in [3.63, 3.8) is 0 Å². The van der Waals surface area contributed by atoms with Crippen LogP contribution in [0.1, 0.15) is 40.3 Å². The summed E-state index contributed by atoms with van der Waals surface area (Å²) in [6, 6.07) is 12.1. The SMILES string of the molecule is CC(=NNC(=S)N(CC(C)C)CC(C)C)c1ccc2ccccc2n1. The van der Waals surface area contributed by atoms with Gasteiger partial charge in [0.05, 0.1) is 16.9 Å². The first-order valence-corrected chi connectivity index (χ1v) is 9.23. The highest BCUT2D eigenvalue weighted by Gasteiger charge is 2.13. The van der Waals surface area contributed by atoms with Crippen LogP contribution < -0.4 is 5.43 Å². The van der Waals surface area contributed by atoms with Crippen LogP contribution in [0.3, 0.4) is 0 Å². The van der Waals surface area contributed by atoms with Gasteiger partial charge in [0.1, 0.15) is 0 Å². The number of aromatic nitrogens is 1. The Bertz CT molecular complexity index is 742. The lowest BCUT2D eigenvalue weighted by atomic mass is 10.1. The number of nitrogens with one attached hydrogen (secondary N) is 1. The Balaban J connectivity index is 2.10. The average molecular weight is 357 g/mol. The minimum atomic E-state index is 0.547. The molecule has 0 saturated carbocycles. The Kier molecular flexibility index (Phi) is 6.88. The first kappa shape index (κ1) is 19.3. The van der Waals surface area contributed by atoms with Crippen LogP contribution in [-0.2, 0) is 0 Å². The van der Waals surface area contributed by atoms with Crippen LogP contribution in [0.15, 0.2) is 41.5 Å². The van der Waals surface area contributed by atoms with E-state index in [9.17, 15) is 0 Å². The van der Waals surface area contributed by atoms with Crippen molar-refractivity contribution in [1.29, 1.82) is 0 Å². The molecule has 1 heterocycles. The molecule has 0 unspecified atom stereocenters. The maximum Gasteiger partial charge on any atom is 0.189 e. The van der Waals surface area contributed by atoms with Gasteiger partial charge in [-0.1, -0.05) is 52.0 Å². The third-order valence-electron chi connectivity index (χ3n) is 3.75. The summed E-state index contributed by atoms with van der Waals surface area (Å²) in [6.45, 7) is 12.6. The molecule has 1 aromatic carbocycles. The van der Waals surface area contributed by atoms with Gasteiger partial charge < -0.3 is 4.90 Å². The molecule has 25 heavy (non-hydrogen) atoms. The van der Waals surface area contributed by atoms with Crippen LogP contribution in [0.4, 0.5) is 0 Å². The van der Waals surface area contributed by atoms with E-state index >= 15 is 0 Å². The molecule has 5 heteroatoms. The molecule has 1 aromatic heterocycles. The molecule has 134 valence electrons. The Hall–Kier alpha value is -2.01. The number of fused-ring (bicyclic) bond motifs is 1. The summed E-state index contributed by atoms with van der Waals surface area (Å²) in [5.74, 6) is 1.09. The topological polar surface area (TPSA) is 40.5 Å². The van der Waals surface area contributed by atoms with E-state index < -0.39 is 0 Å². The van der Waals surface area contributed by atoms with Gasteiger partial charge in [-0.2, -0.15) is 5.10 Å². The molecule has 1 N–H and O–H groups in total. The fourth-order valence-corrected chi connectivity index (χ4v) is 2.84. The molecule has 2 rings (SSSR count). The zero-order valence-corrected chi connectivity index (χ0v) is 16.6. The second-order valence-corrected chi connectivity index (χ2v) is 7.58. The van der Waals surface area contributed by atoms with Crippen molar-refractivity contribution in [2.24, 2.45) is 16.9 Å². The van der Waals surface area contributed by atoms with E-state index in [0.717, 1.165) is 35.4 Å². The predicted molar refractivity (Wildman–Crippen MR) is 111 cm³/mol. The maximum atomic E-state index is 5.54. The third kappa shape index (κ3) is 5.78. The number of thiocarbonyl (C=S) groups is 1. The zero-order chi connectivity index (χ0) is 18.4. The Labute approximate surface area is 156 Å². The van der Waals surface area contributed by atoms with Crippen LogP contribution in [0.5, 0.6) is 0 Å². The van der Waals surface area contributed by atoms with Crippen molar-refractivity contribution in [1.82, 2.24) is 15.3 Å². The van der Waals surface area contributed by atoms with Gasteiger partial charge in [0, 0.05) is 18.5 Å². The molecular formula is C20H28N4S. The van der Waals surface area contributed by atoms with Gasteiger partial charge in [0.25, 0.3) is 0 Å². The van der Waals surface area contributed by atoms with E-state index in [2.05, 4.69) is 60.2 Å². The molecule has 2 aromatic rings. The minimum absolute atomic E-state index is 0.547. The van der Waals surface area contributed by atoms with Crippen molar-refractivity contribution in [2.75, 3.05) is 13.1 Å². The van der Waals surface area contributed by atoms with Crippen LogP contribution >= 0.6 is 12.2 Å². The normalized spacial score (nSPS) is 12.0. The number of pyridine rings is 1. The number of hydrogen-bond acceptors (Lipinski definition) is 3. The fourth-order valence-electron chi connectivity index (χ4n) is 2.65. The van der Waals surface area contributed by atoms with Gasteiger partial charge in [-0.25, -0.2) is 4.98 Å². The van der Waals surface area contributed by atoms with Crippen LogP contribution in [-0.4, -0.2) is 33.8 Å². The number of rotatable bonds is 6. The summed E-state index contributed by atoms with van der Waals surface area (Å²) in [6.07, 6.45) is 0. The summed E-state index contributed by atoms with van der Waals surface area (Å²) in [7, 11) is 0. The van der Waals surface area contributed by atoms with Crippen molar-refractivity contribution in [2.45, 2.75) is 34.6 Å². The van der Waals surface area contributed by atoms with E-state index in [4.69, 9.17) is 12.2 Å². The monoisotopic (exact) mass is 356 g/mol. The van der Waals surface area contributed by atoms with Crippen molar-refractivity contribution < 1.29 is 0 Å². The van der Waals surface area contributed by atoms with Crippen LogP contribution in [0, 0.1) is 11.8 Å². The van der Waals surface area contributed by atoms with Crippen molar-refractivity contribution in [3.05, 3.63) is 42.1 Å². The molecule has 0 spiro atoms. The predicted octanol–water partition coefficient (Wildman–Crippen LogP) is 4.45. The highest BCUT2D eigenvalue weighted by molar-refractivity contribution is 7.80. The van der Waals surface area contributed by atoms with Crippen molar-refractivity contribution >= 4 is 33.9 Å². The lowest BCUT2D eigenvalue weighted by Gasteiger charge is -2.28. The summed E-state index contributed by atoms with van der Waals surface area (Å²) < 4.78 is 0. The standard InChI is InChI=1S/C20H28N4S/c1-14(2)12-24(13-15(3)4)20(25)23-22-16(5)18-11-10-17-8-6-7-9-19(17)21-18/h6-11,14-15H,12-13H2,1-5H3,(H,23,25). The summed E-state index contributed by atoms with van der Waals surface area (Å²) in [4.78, 5) is 6.86. The quantitative estimate of drug-likeness (QED) is 0.472. The molecule has 0 bridgehead atoms. The lowest BCUT2D eigenvalue weighted by Crippen LogP contribution is -2.42. The minimum Gasteiger partial charge on any atom is -0.347 e. The van der Waals surface area contributed by atoms with Crippen LogP contribution in [0.2, 0.25) is 0 Å². The van der Waals surface area contributed by atoms with Gasteiger partial charge in [-0.05, 0) is 43.1 Å². The number of hydrazone groups is 1. The van der Waals surface area contributed by atoms with E-state index in [1.807, 2.05) is 31.2 Å². The van der Waals surface area contributed by atoms with Crippen molar-refractivity contribution in [3.8, 4) is 0 Å². The summed E-state index contributed by atoms with van der Waals surface area (Å²) in [5.41, 5.74) is 5.69. The second kappa shape index (κ2) is 8.90. The molecule has 0 fully saturated rings. The van der Waals surface area contributed by atoms with Gasteiger partial charge in [0.2, 0.25) is 0 Å². The molecule has 0 radical (unpaired) electrons. The fraction of sp³-hybridized carbons (Fsp3) is 0.450. The molecule has 0 aliphatic carbocycles. The molecule has 0 aliphatic heterocycles. The lowest BCUT2D eigenvalue weighted by molar-refractivity contribution is 0.324. The van der Waals surface area contributed by atoms with Gasteiger partial charge in [-0.15, -0.1) is 0 Å². The molecule has 4 nitrogen and oxygen atoms in total. The number of para-hydroxylation sites is 1. The number of benzene rings is 1. The first-order valence-electron chi connectivity index (χ1n) is 8.82. The van der Waals surface area contributed by atoms with Gasteiger partial charge in [-0.3, -0.25) is 5.43 Å². The first-order chi connectivity index (χ1) is 11.9. The number of hydrogen-bond donors (Lipinski definition) is 1. The third-order valence-corrected chi connectivity index (χ3v) is 4.10. The van der Waals surface area contributed by atoms with E-state index in [0.29, 0.717) is 16.9 Å². The van der Waals surface area contributed by atoms with Gasteiger partial charge >= 0.3 is 0 Å². The second-order valence-electron chi connectivity index (χ2n) is 7.20. The molecule has 0 aliphatic rings. The van der Waals surface area contributed by atoms with E-state index in [-0.39, 0.29) is 0 Å². The average Bonchev–Trinajstić information content (AvgIpc) is 2.57. The molecular weight excluding hydrogens is 328 g/mol. The largest absolute Gasteiger partial charge is 0.347 e. The smallest absolute Gasteiger partial charge is 0.189 e. The number of nitrogens with zero attached hydrogens (tertiary/aromatic N) is 3. The Morgan fingerprint density at radius 1 is 1.08 bits per heavy atom. The summed E-state index contributed by atoms with van der Waals surface area (Å²) >= 11 is 5.54. The molecule has 0 saturated heterocycles. The Morgan fingerprint density at radius 2 is 1.72 bits per heavy atom. The highest BCUT2D eigenvalue weighted by Crippen LogP contribution is 2.12.